The Morgan fingerprint density at radius 1 is 1.11 bits per heavy atom. The van der Waals surface area contributed by atoms with E-state index in [0.717, 1.165) is 37.9 Å². The molecule has 0 rings (SSSR count). The van der Waals surface area contributed by atoms with E-state index in [1.807, 2.05) is 13.8 Å². The SMILES string of the molecule is CCCOC(=O)C(CCC)SCCCC(F)CCC. The Morgan fingerprint density at radius 2 is 1.79 bits per heavy atom. The fourth-order valence-corrected chi connectivity index (χ4v) is 3.04. The second-order valence-corrected chi connectivity index (χ2v) is 6.15. The molecule has 0 aromatic rings. The highest BCUT2D eigenvalue weighted by atomic mass is 32.2. The normalized spacial score (nSPS) is 14.1. The van der Waals surface area contributed by atoms with Gasteiger partial charge in [0, 0.05) is 0 Å². The molecule has 2 atom stereocenters. The maximum Gasteiger partial charge on any atom is 0.319 e. The monoisotopic (exact) mass is 292 g/mol. The molecule has 0 fully saturated rings. The van der Waals surface area contributed by atoms with Crippen molar-refractivity contribution in [3.8, 4) is 0 Å². The van der Waals surface area contributed by atoms with Crippen molar-refractivity contribution in [2.75, 3.05) is 12.4 Å². The van der Waals surface area contributed by atoms with Crippen molar-refractivity contribution >= 4 is 17.7 Å². The first-order valence-corrected chi connectivity index (χ1v) is 8.62. The number of thioether (sulfide) groups is 1. The number of esters is 1. The smallest absolute Gasteiger partial charge is 0.319 e. The average molecular weight is 292 g/mol. The Morgan fingerprint density at radius 3 is 2.37 bits per heavy atom. The van der Waals surface area contributed by atoms with Gasteiger partial charge in [-0.2, -0.15) is 0 Å². The van der Waals surface area contributed by atoms with Crippen LogP contribution in [0.15, 0.2) is 0 Å². The molecule has 0 saturated heterocycles. The summed E-state index contributed by atoms with van der Waals surface area (Å²) in [5.74, 6) is 0.745. The molecule has 0 aliphatic rings. The quantitative estimate of drug-likeness (QED) is 0.383. The zero-order valence-corrected chi connectivity index (χ0v) is 13.4. The van der Waals surface area contributed by atoms with Crippen molar-refractivity contribution in [3.63, 3.8) is 0 Å². The summed E-state index contributed by atoms with van der Waals surface area (Å²) in [5, 5.41) is -0.0687. The molecule has 2 unspecified atom stereocenters. The van der Waals surface area contributed by atoms with Gasteiger partial charge in [0.25, 0.3) is 0 Å². The van der Waals surface area contributed by atoms with E-state index in [0.29, 0.717) is 19.4 Å². The zero-order valence-electron chi connectivity index (χ0n) is 12.6. The van der Waals surface area contributed by atoms with Crippen molar-refractivity contribution in [1.82, 2.24) is 0 Å². The maximum absolute atomic E-state index is 13.3. The van der Waals surface area contributed by atoms with Gasteiger partial charge >= 0.3 is 5.97 Å². The predicted octanol–water partition coefficient (Wildman–Crippen LogP) is 4.76. The summed E-state index contributed by atoms with van der Waals surface area (Å²) in [7, 11) is 0. The van der Waals surface area contributed by atoms with Gasteiger partial charge in [-0.05, 0) is 37.9 Å². The van der Waals surface area contributed by atoms with Crippen molar-refractivity contribution in [2.24, 2.45) is 0 Å². The molecule has 0 spiro atoms. The molecule has 0 N–H and O–H groups in total. The molecule has 0 radical (unpaired) electrons. The van der Waals surface area contributed by atoms with Crippen LogP contribution >= 0.6 is 11.8 Å². The molecule has 0 aliphatic heterocycles. The van der Waals surface area contributed by atoms with Gasteiger partial charge in [0.1, 0.15) is 11.4 Å². The Hall–Kier alpha value is -0.250. The lowest BCUT2D eigenvalue weighted by Gasteiger charge is -2.15. The third-order valence-electron chi connectivity index (χ3n) is 2.84. The number of alkyl halides is 1. The van der Waals surface area contributed by atoms with Crippen molar-refractivity contribution < 1.29 is 13.9 Å². The van der Waals surface area contributed by atoms with Gasteiger partial charge in [-0.15, -0.1) is 11.8 Å². The van der Waals surface area contributed by atoms with E-state index in [9.17, 15) is 9.18 Å². The average Bonchev–Trinajstić information content (AvgIpc) is 2.39. The summed E-state index contributed by atoms with van der Waals surface area (Å²) in [5.41, 5.74) is 0. The fourth-order valence-electron chi connectivity index (χ4n) is 1.82. The van der Waals surface area contributed by atoms with Crippen molar-refractivity contribution in [3.05, 3.63) is 0 Å². The molecule has 0 aromatic heterocycles. The number of carbonyl (C=O) groups excluding carboxylic acids is 1. The summed E-state index contributed by atoms with van der Waals surface area (Å²) in [6.45, 7) is 6.56. The summed E-state index contributed by atoms with van der Waals surface area (Å²) in [6.07, 6.45) is 5.01. The molecule has 0 saturated carbocycles. The van der Waals surface area contributed by atoms with Crippen LogP contribution in [-0.2, 0) is 9.53 Å². The van der Waals surface area contributed by atoms with Crippen LogP contribution in [0.25, 0.3) is 0 Å². The topological polar surface area (TPSA) is 26.3 Å². The molecule has 0 heterocycles. The third kappa shape index (κ3) is 10.2. The van der Waals surface area contributed by atoms with E-state index in [1.54, 1.807) is 11.8 Å². The Balaban J connectivity index is 3.84. The van der Waals surface area contributed by atoms with E-state index in [-0.39, 0.29) is 11.2 Å². The molecule has 0 amide bonds. The highest BCUT2D eigenvalue weighted by Gasteiger charge is 2.19. The van der Waals surface area contributed by atoms with Gasteiger partial charge in [-0.3, -0.25) is 4.79 Å². The van der Waals surface area contributed by atoms with Gasteiger partial charge in [0.15, 0.2) is 0 Å². The van der Waals surface area contributed by atoms with E-state index in [4.69, 9.17) is 4.74 Å². The number of ether oxygens (including phenoxy) is 1. The largest absolute Gasteiger partial charge is 0.465 e. The number of halogens is 1. The van der Waals surface area contributed by atoms with Crippen LogP contribution in [0.4, 0.5) is 4.39 Å². The van der Waals surface area contributed by atoms with E-state index >= 15 is 0 Å². The lowest BCUT2D eigenvalue weighted by atomic mass is 10.1. The van der Waals surface area contributed by atoms with Crippen LogP contribution in [0.1, 0.15) is 65.7 Å². The molecule has 2 nitrogen and oxygen atoms in total. The minimum Gasteiger partial charge on any atom is -0.465 e. The number of rotatable bonds is 12. The first-order chi connectivity index (χ1) is 9.15. The molecule has 4 heteroatoms. The van der Waals surface area contributed by atoms with Crippen LogP contribution in [0.2, 0.25) is 0 Å². The molecular formula is C15H29FO2S. The Bertz CT molecular complexity index is 224. The fraction of sp³-hybridized carbons (Fsp3) is 0.933. The molecule has 19 heavy (non-hydrogen) atoms. The molecule has 0 aromatic carbocycles. The zero-order chi connectivity index (χ0) is 14.5. The Labute approximate surface area is 121 Å². The molecule has 0 aliphatic carbocycles. The van der Waals surface area contributed by atoms with Gasteiger partial charge in [0.05, 0.1) is 6.61 Å². The van der Waals surface area contributed by atoms with Crippen molar-refractivity contribution in [1.29, 1.82) is 0 Å². The maximum atomic E-state index is 13.3. The highest BCUT2D eigenvalue weighted by Crippen LogP contribution is 2.21. The minimum atomic E-state index is -0.678. The van der Waals surface area contributed by atoms with E-state index in [1.165, 1.54) is 0 Å². The predicted molar refractivity (Wildman–Crippen MR) is 81.4 cm³/mol. The van der Waals surface area contributed by atoms with Crippen LogP contribution in [0, 0.1) is 0 Å². The second kappa shape index (κ2) is 12.8. The van der Waals surface area contributed by atoms with E-state index < -0.39 is 6.17 Å². The highest BCUT2D eigenvalue weighted by molar-refractivity contribution is 8.00. The first kappa shape index (κ1) is 18.8. The van der Waals surface area contributed by atoms with Crippen LogP contribution in [0.3, 0.4) is 0 Å². The Kier molecular flexibility index (Phi) is 12.6. The summed E-state index contributed by atoms with van der Waals surface area (Å²) < 4.78 is 18.5. The number of carbonyl (C=O) groups is 1. The lowest BCUT2D eigenvalue weighted by molar-refractivity contribution is -0.143. The van der Waals surface area contributed by atoms with Crippen molar-refractivity contribution in [2.45, 2.75) is 77.1 Å². The third-order valence-corrected chi connectivity index (χ3v) is 4.20. The van der Waals surface area contributed by atoms with Gasteiger partial charge in [0.2, 0.25) is 0 Å². The lowest BCUT2D eigenvalue weighted by Crippen LogP contribution is -2.21. The van der Waals surface area contributed by atoms with Gasteiger partial charge < -0.3 is 4.74 Å². The van der Waals surface area contributed by atoms with Gasteiger partial charge in [-0.1, -0.05) is 33.6 Å². The standard InChI is InChI=1S/C15H29FO2S/c1-4-8-13(16)10-7-12-19-14(9-5-2)15(17)18-11-6-3/h13-14H,4-12H2,1-3H3. The van der Waals surface area contributed by atoms with Crippen LogP contribution < -0.4 is 0 Å². The summed E-state index contributed by atoms with van der Waals surface area (Å²) in [6, 6.07) is 0. The first-order valence-electron chi connectivity index (χ1n) is 7.57. The second-order valence-electron chi connectivity index (χ2n) is 4.84. The number of hydrogen-bond acceptors (Lipinski definition) is 3. The summed E-state index contributed by atoms with van der Waals surface area (Å²) in [4.78, 5) is 11.8. The van der Waals surface area contributed by atoms with Crippen LogP contribution in [-0.4, -0.2) is 29.8 Å². The minimum absolute atomic E-state index is 0.0687. The van der Waals surface area contributed by atoms with Gasteiger partial charge in [-0.25, -0.2) is 4.39 Å². The molecular weight excluding hydrogens is 263 g/mol. The summed E-state index contributed by atoms with van der Waals surface area (Å²) >= 11 is 1.62. The van der Waals surface area contributed by atoms with E-state index in [2.05, 4.69) is 6.92 Å². The molecule has 0 bridgehead atoms. The van der Waals surface area contributed by atoms with Crippen LogP contribution in [0.5, 0.6) is 0 Å². The number of hydrogen-bond donors (Lipinski definition) is 0. The molecule has 114 valence electrons.